The van der Waals surface area contributed by atoms with E-state index in [0.29, 0.717) is 19.0 Å². The Bertz CT molecular complexity index is 772. The SMILES string of the molecule is O=S(=O)(NCc1nc(C2CCOCC2)no1)c1ccccc1Cl. The lowest BCUT2D eigenvalue weighted by atomic mass is 10.00. The molecule has 124 valence electrons. The van der Waals surface area contributed by atoms with Gasteiger partial charge in [-0.2, -0.15) is 4.98 Å². The molecule has 0 aliphatic carbocycles. The highest BCUT2D eigenvalue weighted by atomic mass is 35.5. The van der Waals surface area contributed by atoms with Crippen molar-refractivity contribution in [3.05, 3.63) is 41.0 Å². The second-order valence-corrected chi connectivity index (χ2v) is 7.33. The number of halogens is 1. The van der Waals surface area contributed by atoms with Crippen LogP contribution >= 0.6 is 11.6 Å². The van der Waals surface area contributed by atoms with Gasteiger partial charge >= 0.3 is 0 Å². The van der Waals surface area contributed by atoms with Gasteiger partial charge in [-0.1, -0.05) is 28.9 Å². The first-order chi connectivity index (χ1) is 11.1. The summed E-state index contributed by atoms with van der Waals surface area (Å²) in [4.78, 5) is 4.28. The molecule has 23 heavy (non-hydrogen) atoms. The third-order valence-electron chi connectivity index (χ3n) is 3.61. The lowest BCUT2D eigenvalue weighted by molar-refractivity contribution is 0.0830. The van der Waals surface area contributed by atoms with Gasteiger partial charge in [-0.25, -0.2) is 13.1 Å². The fraction of sp³-hybridized carbons (Fsp3) is 0.429. The number of aromatic nitrogens is 2. The molecule has 0 unspecified atom stereocenters. The molecule has 0 atom stereocenters. The molecule has 2 heterocycles. The van der Waals surface area contributed by atoms with Gasteiger partial charge in [0.2, 0.25) is 15.9 Å². The maximum atomic E-state index is 12.2. The fourth-order valence-electron chi connectivity index (χ4n) is 2.36. The Balaban J connectivity index is 1.66. The van der Waals surface area contributed by atoms with E-state index in [1.807, 2.05) is 0 Å². The van der Waals surface area contributed by atoms with E-state index in [4.69, 9.17) is 20.9 Å². The number of benzene rings is 1. The van der Waals surface area contributed by atoms with Gasteiger partial charge in [-0.15, -0.1) is 0 Å². The van der Waals surface area contributed by atoms with E-state index in [-0.39, 0.29) is 28.3 Å². The number of ether oxygens (including phenoxy) is 1. The van der Waals surface area contributed by atoms with Gasteiger partial charge in [0.05, 0.1) is 11.6 Å². The number of hydrogen-bond acceptors (Lipinski definition) is 6. The summed E-state index contributed by atoms with van der Waals surface area (Å²) >= 11 is 5.91. The Kier molecular flexibility index (Phi) is 4.96. The van der Waals surface area contributed by atoms with Crippen LogP contribution in [0.1, 0.15) is 30.5 Å². The van der Waals surface area contributed by atoms with Crippen LogP contribution in [0.5, 0.6) is 0 Å². The van der Waals surface area contributed by atoms with Crippen LogP contribution < -0.4 is 4.72 Å². The molecule has 1 fully saturated rings. The van der Waals surface area contributed by atoms with E-state index >= 15 is 0 Å². The van der Waals surface area contributed by atoms with Gasteiger partial charge in [-0.3, -0.25) is 0 Å². The smallest absolute Gasteiger partial charge is 0.242 e. The average molecular weight is 358 g/mol. The van der Waals surface area contributed by atoms with Gasteiger partial charge in [0.1, 0.15) is 4.90 Å². The highest BCUT2D eigenvalue weighted by Crippen LogP contribution is 2.24. The molecule has 1 aliphatic rings. The van der Waals surface area contributed by atoms with Crippen molar-refractivity contribution in [1.29, 1.82) is 0 Å². The summed E-state index contributed by atoms with van der Waals surface area (Å²) in [7, 11) is -3.73. The number of sulfonamides is 1. The third kappa shape index (κ3) is 3.89. The second-order valence-electron chi connectivity index (χ2n) is 5.19. The van der Waals surface area contributed by atoms with E-state index in [0.717, 1.165) is 12.8 Å². The Morgan fingerprint density at radius 2 is 2.00 bits per heavy atom. The highest BCUT2D eigenvalue weighted by molar-refractivity contribution is 7.89. The van der Waals surface area contributed by atoms with Crippen molar-refractivity contribution in [2.24, 2.45) is 0 Å². The van der Waals surface area contributed by atoms with Crippen molar-refractivity contribution in [1.82, 2.24) is 14.9 Å². The molecule has 1 saturated heterocycles. The molecule has 9 heteroatoms. The monoisotopic (exact) mass is 357 g/mol. The van der Waals surface area contributed by atoms with Gasteiger partial charge in [-0.05, 0) is 25.0 Å². The van der Waals surface area contributed by atoms with Crippen molar-refractivity contribution >= 4 is 21.6 Å². The number of hydrogen-bond donors (Lipinski definition) is 1. The van der Waals surface area contributed by atoms with Crippen LogP contribution in [0.4, 0.5) is 0 Å². The zero-order valence-corrected chi connectivity index (χ0v) is 13.8. The van der Waals surface area contributed by atoms with Crippen LogP contribution in [0.15, 0.2) is 33.7 Å². The lowest BCUT2D eigenvalue weighted by Crippen LogP contribution is -2.23. The summed E-state index contributed by atoms with van der Waals surface area (Å²) in [6, 6.07) is 6.23. The highest BCUT2D eigenvalue weighted by Gasteiger charge is 2.22. The van der Waals surface area contributed by atoms with Crippen LogP contribution in [0.3, 0.4) is 0 Å². The zero-order valence-electron chi connectivity index (χ0n) is 12.2. The predicted molar refractivity (Wildman–Crippen MR) is 82.6 cm³/mol. The summed E-state index contributed by atoms with van der Waals surface area (Å²) in [5.41, 5.74) is 0. The molecular formula is C14H16ClN3O4S. The quantitative estimate of drug-likeness (QED) is 0.880. The van der Waals surface area contributed by atoms with E-state index < -0.39 is 10.0 Å². The van der Waals surface area contributed by atoms with Crippen LogP contribution in [0.2, 0.25) is 5.02 Å². The summed E-state index contributed by atoms with van der Waals surface area (Å²) in [5.74, 6) is 1.02. The molecule has 1 N–H and O–H groups in total. The van der Waals surface area contributed by atoms with Gasteiger partial charge in [0.25, 0.3) is 0 Å². The van der Waals surface area contributed by atoms with Crippen LogP contribution in [-0.2, 0) is 21.3 Å². The molecule has 1 aromatic carbocycles. The minimum atomic E-state index is -3.73. The second kappa shape index (κ2) is 6.96. The largest absolute Gasteiger partial charge is 0.381 e. The van der Waals surface area contributed by atoms with Crippen LogP contribution in [0.25, 0.3) is 0 Å². The minimum absolute atomic E-state index is 0.0193. The van der Waals surface area contributed by atoms with Crippen molar-refractivity contribution in [3.8, 4) is 0 Å². The molecule has 7 nitrogen and oxygen atoms in total. The molecule has 0 amide bonds. The maximum Gasteiger partial charge on any atom is 0.242 e. The molecule has 3 rings (SSSR count). The Hall–Kier alpha value is -1.48. The van der Waals surface area contributed by atoms with Crippen molar-refractivity contribution in [2.45, 2.75) is 30.2 Å². The van der Waals surface area contributed by atoms with Gasteiger partial charge in [0.15, 0.2) is 5.82 Å². The summed E-state index contributed by atoms with van der Waals surface area (Å²) < 4.78 is 37.3. The Labute approximate surface area is 139 Å². The standard InChI is InChI=1S/C14H16ClN3O4S/c15-11-3-1-2-4-12(11)23(19,20)16-9-13-17-14(18-22-13)10-5-7-21-8-6-10/h1-4,10,16H,5-9H2. The molecule has 1 aromatic heterocycles. The minimum Gasteiger partial charge on any atom is -0.381 e. The first-order valence-corrected chi connectivity index (χ1v) is 9.07. The molecule has 0 spiro atoms. The van der Waals surface area contributed by atoms with E-state index in [1.54, 1.807) is 12.1 Å². The number of nitrogens with one attached hydrogen (secondary N) is 1. The molecule has 0 radical (unpaired) electrons. The first kappa shape index (κ1) is 16.4. The summed E-state index contributed by atoms with van der Waals surface area (Å²) in [5, 5.41) is 4.09. The molecule has 1 aliphatic heterocycles. The molecular weight excluding hydrogens is 342 g/mol. The van der Waals surface area contributed by atoms with Gasteiger partial charge < -0.3 is 9.26 Å². The van der Waals surface area contributed by atoms with Crippen molar-refractivity contribution in [2.75, 3.05) is 13.2 Å². The maximum absolute atomic E-state index is 12.2. The number of nitrogens with zero attached hydrogens (tertiary/aromatic N) is 2. The molecule has 0 saturated carbocycles. The van der Waals surface area contributed by atoms with Crippen LogP contribution in [-0.4, -0.2) is 31.8 Å². The fourth-order valence-corrected chi connectivity index (χ4v) is 3.85. The first-order valence-electron chi connectivity index (χ1n) is 7.21. The van der Waals surface area contributed by atoms with E-state index in [2.05, 4.69) is 14.9 Å². The lowest BCUT2D eigenvalue weighted by Gasteiger charge is -2.18. The average Bonchev–Trinajstić information content (AvgIpc) is 3.03. The Morgan fingerprint density at radius 1 is 1.26 bits per heavy atom. The van der Waals surface area contributed by atoms with Crippen molar-refractivity contribution in [3.63, 3.8) is 0 Å². The molecule has 0 bridgehead atoms. The van der Waals surface area contributed by atoms with Crippen molar-refractivity contribution < 1.29 is 17.7 Å². The molecule has 2 aromatic rings. The normalized spacial score (nSPS) is 16.6. The topological polar surface area (TPSA) is 94.3 Å². The zero-order chi connectivity index (χ0) is 16.3. The summed E-state index contributed by atoms with van der Waals surface area (Å²) in [6.45, 7) is 1.27. The van der Waals surface area contributed by atoms with Gasteiger partial charge in [0, 0.05) is 19.1 Å². The predicted octanol–water partition coefficient (Wildman–Crippen LogP) is 2.10. The van der Waals surface area contributed by atoms with Crippen LogP contribution in [0, 0.1) is 0 Å². The third-order valence-corrected chi connectivity index (χ3v) is 5.51. The van der Waals surface area contributed by atoms with E-state index in [9.17, 15) is 8.42 Å². The number of rotatable bonds is 5. The van der Waals surface area contributed by atoms with E-state index in [1.165, 1.54) is 12.1 Å². The Morgan fingerprint density at radius 3 is 2.74 bits per heavy atom. The summed E-state index contributed by atoms with van der Waals surface area (Å²) in [6.07, 6.45) is 1.68.